The van der Waals surface area contributed by atoms with E-state index in [-0.39, 0.29) is 18.0 Å². The summed E-state index contributed by atoms with van der Waals surface area (Å²) in [4.78, 5) is 16.0. The van der Waals surface area contributed by atoms with E-state index in [0.717, 1.165) is 6.26 Å². The molecule has 0 saturated carbocycles. The summed E-state index contributed by atoms with van der Waals surface area (Å²) in [5.41, 5.74) is 2.69. The van der Waals surface area contributed by atoms with Gasteiger partial charge in [0.2, 0.25) is 0 Å². The first-order valence-electron chi connectivity index (χ1n) is 9.62. The van der Waals surface area contributed by atoms with E-state index in [9.17, 15) is 22.9 Å². The molecule has 0 spiro atoms. The van der Waals surface area contributed by atoms with E-state index in [1.807, 2.05) is 6.07 Å². The van der Waals surface area contributed by atoms with Crippen molar-refractivity contribution in [2.24, 2.45) is 0 Å². The van der Waals surface area contributed by atoms with Crippen molar-refractivity contribution >= 4 is 21.5 Å². The van der Waals surface area contributed by atoms with Crippen LogP contribution >= 0.6 is 0 Å². The lowest BCUT2D eigenvalue weighted by atomic mass is 9.93. The van der Waals surface area contributed by atoms with Crippen LogP contribution in [0.15, 0.2) is 59.8 Å². The highest BCUT2D eigenvalue weighted by atomic mass is 32.2. The SMILES string of the molecule is CCOC(=O)CNc1cc(S(C)(=O)=O)cc(-c2ccc(F)cc2)c1-c1cncc(C#N)c1. The number of carbonyl (C=O) groups is 1. The van der Waals surface area contributed by atoms with Crippen LogP contribution in [0.5, 0.6) is 0 Å². The van der Waals surface area contributed by atoms with Crippen molar-refractivity contribution in [3.8, 4) is 28.3 Å². The molecular weight excluding hydrogens is 433 g/mol. The molecule has 1 aromatic heterocycles. The van der Waals surface area contributed by atoms with Gasteiger partial charge in [0.25, 0.3) is 0 Å². The molecule has 0 aliphatic rings. The first-order valence-corrected chi connectivity index (χ1v) is 11.5. The molecule has 32 heavy (non-hydrogen) atoms. The Morgan fingerprint density at radius 2 is 1.88 bits per heavy atom. The molecule has 9 heteroatoms. The summed E-state index contributed by atoms with van der Waals surface area (Å²) in [5.74, 6) is -0.959. The highest BCUT2D eigenvalue weighted by Gasteiger charge is 2.20. The molecule has 0 amide bonds. The minimum atomic E-state index is -3.62. The number of ether oxygens (including phenoxy) is 1. The summed E-state index contributed by atoms with van der Waals surface area (Å²) >= 11 is 0. The predicted octanol–water partition coefficient (Wildman–Crippen LogP) is 3.80. The zero-order valence-electron chi connectivity index (χ0n) is 17.4. The van der Waals surface area contributed by atoms with E-state index in [1.54, 1.807) is 13.0 Å². The molecule has 2 aromatic carbocycles. The van der Waals surface area contributed by atoms with Crippen LogP contribution in [0.2, 0.25) is 0 Å². The lowest BCUT2D eigenvalue weighted by Crippen LogP contribution is -2.17. The van der Waals surface area contributed by atoms with Gasteiger partial charge in [0, 0.05) is 35.5 Å². The third kappa shape index (κ3) is 5.28. The van der Waals surface area contributed by atoms with Crippen LogP contribution in [0.3, 0.4) is 0 Å². The van der Waals surface area contributed by atoms with E-state index in [1.165, 1.54) is 48.8 Å². The Morgan fingerprint density at radius 1 is 1.16 bits per heavy atom. The fourth-order valence-electron chi connectivity index (χ4n) is 3.15. The number of nitrogens with zero attached hydrogens (tertiary/aromatic N) is 2. The maximum absolute atomic E-state index is 13.5. The van der Waals surface area contributed by atoms with E-state index in [2.05, 4.69) is 10.3 Å². The standard InChI is InChI=1S/C23H20FN3O4S/c1-3-31-22(28)14-27-21-10-19(32(2,29)30)9-20(16-4-6-18(24)7-5-16)23(21)17-8-15(11-25)12-26-13-17/h4-10,12-13,27H,3,14H2,1-2H3. The second-order valence-electron chi connectivity index (χ2n) is 6.91. The largest absolute Gasteiger partial charge is 0.465 e. The van der Waals surface area contributed by atoms with Gasteiger partial charge in [0.15, 0.2) is 9.84 Å². The fraction of sp³-hybridized carbons (Fsp3) is 0.174. The molecule has 3 aromatic rings. The quantitative estimate of drug-likeness (QED) is 0.542. The maximum atomic E-state index is 13.5. The van der Waals surface area contributed by atoms with Crippen LogP contribution in [0, 0.1) is 17.1 Å². The van der Waals surface area contributed by atoms with Crippen LogP contribution in [0.4, 0.5) is 10.1 Å². The van der Waals surface area contributed by atoms with E-state index < -0.39 is 21.6 Å². The summed E-state index contributed by atoms with van der Waals surface area (Å²) in [7, 11) is -3.62. The summed E-state index contributed by atoms with van der Waals surface area (Å²) in [5, 5.41) is 12.2. The average Bonchev–Trinajstić information content (AvgIpc) is 2.77. The van der Waals surface area contributed by atoms with Crippen molar-refractivity contribution in [3.63, 3.8) is 0 Å². The Bertz CT molecular complexity index is 1300. The molecule has 164 valence electrons. The second kappa shape index (κ2) is 9.58. The number of sulfone groups is 1. The highest BCUT2D eigenvalue weighted by molar-refractivity contribution is 7.90. The Morgan fingerprint density at radius 3 is 2.50 bits per heavy atom. The van der Waals surface area contributed by atoms with Gasteiger partial charge in [-0.3, -0.25) is 9.78 Å². The maximum Gasteiger partial charge on any atom is 0.325 e. The molecule has 1 N–H and O–H groups in total. The number of carbonyl (C=O) groups excluding carboxylic acids is 1. The highest BCUT2D eigenvalue weighted by Crippen LogP contribution is 2.40. The van der Waals surface area contributed by atoms with Gasteiger partial charge in [-0.05, 0) is 48.4 Å². The number of nitriles is 1. The Labute approximate surface area is 185 Å². The lowest BCUT2D eigenvalue weighted by Gasteiger charge is -2.19. The monoisotopic (exact) mass is 453 g/mol. The number of hydrogen-bond donors (Lipinski definition) is 1. The van der Waals surface area contributed by atoms with Crippen molar-refractivity contribution in [2.75, 3.05) is 24.7 Å². The first-order chi connectivity index (χ1) is 15.2. The van der Waals surface area contributed by atoms with Gasteiger partial charge in [-0.25, -0.2) is 12.8 Å². The molecule has 0 aliphatic carbocycles. The number of pyridine rings is 1. The molecule has 3 rings (SSSR count). The van der Waals surface area contributed by atoms with Crippen LogP contribution in [0.25, 0.3) is 22.3 Å². The van der Waals surface area contributed by atoms with E-state index in [0.29, 0.717) is 33.5 Å². The summed E-state index contributed by atoms with van der Waals surface area (Å²) in [6, 6.07) is 12.1. The average molecular weight is 453 g/mol. The fourth-order valence-corrected chi connectivity index (χ4v) is 3.82. The molecular formula is C23H20FN3O4S. The van der Waals surface area contributed by atoms with Crippen molar-refractivity contribution in [1.29, 1.82) is 5.26 Å². The van der Waals surface area contributed by atoms with Crippen molar-refractivity contribution < 1.29 is 22.3 Å². The van der Waals surface area contributed by atoms with Crippen LogP contribution in [0.1, 0.15) is 12.5 Å². The van der Waals surface area contributed by atoms with Gasteiger partial charge in [-0.15, -0.1) is 0 Å². The van der Waals surface area contributed by atoms with Gasteiger partial charge < -0.3 is 10.1 Å². The summed E-state index contributed by atoms with van der Waals surface area (Å²) in [6.07, 6.45) is 4.00. The third-order valence-corrected chi connectivity index (χ3v) is 5.67. The molecule has 0 atom stereocenters. The van der Waals surface area contributed by atoms with E-state index in [4.69, 9.17) is 4.74 Å². The number of anilines is 1. The Hall–Kier alpha value is -3.77. The van der Waals surface area contributed by atoms with Crippen LogP contribution in [-0.4, -0.2) is 38.8 Å². The minimum Gasteiger partial charge on any atom is -0.465 e. The van der Waals surface area contributed by atoms with E-state index >= 15 is 0 Å². The number of nitrogens with one attached hydrogen (secondary N) is 1. The summed E-state index contributed by atoms with van der Waals surface area (Å²) < 4.78 is 43.3. The zero-order chi connectivity index (χ0) is 23.3. The minimum absolute atomic E-state index is 0.0105. The summed E-state index contributed by atoms with van der Waals surface area (Å²) in [6.45, 7) is 1.67. The molecule has 0 radical (unpaired) electrons. The van der Waals surface area contributed by atoms with Crippen LogP contribution in [-0.2, 0) is 19.4 Å². The van der Waals surface area contributed by atoms with Crippen molar-refractivity contribution in [3.05, 3.63) is 66.2 Å². The zero-order valence-corrected chi connectivity index (χ0v) is 18.2. The normalized spacial score (nSPS) is 10.9. The first kappa shape index (κ1) is 22.9. The number of benzene rings is 2. The van der Waals surface area contributed by atoms with Crippen LogP contribution < -0.4 is 5.32 Å². The smallest absolute Gasteiger partial charge is 0.325 e. The molecule has 0 saturated heterocycles. The molecule has 7 nitrogen and oxygen atoms in total. The van der Waals surface area contributed by atoms with Gasteiger partial charge in [0.1, 0.15) is 18.4 Å². The van der Waals surface area contributed by atoms with Gasteiger partial charge >= 0.3 is 5.97 Å². The molecule has 0 unspecified atom stereocenters. The van der Waals surface area contributed by atoms with Gasteiger partial charge in [-0.2, -0.15) is 5.26 Å². The van der Waals surface area contributed by atoms with Crippen molar-refractivity contribution in [2.45, 2.75) is 11.8 Å². The molecule has 0 aliphatic heterocycles. The van der Waals surface area contributed by atoms with Gasteiger partial charge in [-0.1, -0.05) is 12.1 Å². The predicted molar refractivity (Wildman–Crippen MR) is 118 cm³/mol. The molecule has 0 fully saturated rings. The number of hydrogen-bond acceptors (Lipinski definition) is 7. The van der Waals surface area contributed by atoms with Crippen molar-refractivity contribution in [1.82, 2.24) is 4.98 Å². The molecule has 1 heterocycles. The second-order valence-corrected chi connectivity index (χ2v) is 8.92. The topological polar surface area (TPSA) is 109 Å². The molecule has 0 bridgehead atoms. The third-order valence-electron chi connectivity index (χ3n) is 4.58. The number of halogens is 1. The number of esters is 1. The Balaban J connectivity index is 2.31. The lowest BCUT2D eigenvalue weighted by molar-refractivity contribution is -0.140. The van der Waals surface area contributed by atoms with Gasteiger partial charge in [0.05, 0.1) is 17.1 Å². The number of rotatable bonds is 7. The number of aromatic nitrogens is 1. The Kier molecular flexibility index (Phi) is 6.85.